The fourth-order valence-corrected chi connectivity index (χ4v) is 4.04. The van der Waals surface area contributed by atoms with Gasteiger partial charge in [-0.15, -0.1) is 0 Å². The van der Waals surface area contributed by atoms with E-state index in [2.05, 4.69) is 20.8 Å². The molecule has 10 nitrogen and oxygen atoms in total. The van der Waals surface area contributed by atoms with Crippen LogP contribution >= 0.6 is 0 Å². The molecule has 0 radical (unpaired) electrons. The second-order valence-electron chi connectivity index (χ2n) is 9.26. The minimum Gasteiger partial charge on any atom is -0.344 e. The zero-order chi connectivity index (χ0) is 28.3. The van der Waals surface area contributed by atoms with E-state index in [9.17, 15) is 32.3 Å². The molecule has 1 unspecified atom stereocenters. The molecule has 2 N–H and O–H groups in total. The lowest BCUT2D eigenvalue weighted by molar-refractivity contribution is -0.137. The maximum Gasteiger partial charge on any atom is 0.416 e. The highest BCUT2D eigenvalue weighted by atomic mass is 19.4. The molecule has 2 atom stereocenters. The number of hydrogen-bond acceptors (Lipinski definition) is 7. The van der Waals surface area contributed by atoms with Crippen LogP contribution in [0.2, 0.25) is 0 Å². The summed E-state index contributed by atoms with van der Waals surface area (Å²) in [5.41, 5.74) is -0.0192. The Kier molecular flexibility index (Phi) is 7.79. The number of hydrogen-bond donors (Lipinski definition) is 2. The number of Topliss-reactive ketones (excluding diaryl/α,β-unsaturated/α-hetero) is 1. The van der Waals surface area contributed by atoms with Crippen LogP contribution in [0.5, 0.6) is 0 Å². The monoisotopic (exact) mass is 543 g/mol. The summed E-state index contributed by atoms with van der Waals surface area (Å²) >= 11 is 0. The smallest absolute Gasteiger partial charge is 0.344 e. The SMILES string of the molecule is CC(C)[C@H](NC(=O)CN1C(=O)NC(c2ccccc2)C1=O)C(=O)c1noc(Cc2cccc(C(F)(F)F)c2)n1. The summed E-state index contributed by atoms with van der Waals surface area (Å²) in [6, 6.07) is 10.3. The number of alkyl halides is 3. The van der Waals surface area contributed by atoms with Crippen LogP contribution in [0.15, 0.2) is 59.1 Å². The van der Waals surface area contributed by atoms with Crippen LogP contribution < -0.4 is 10.6 Å². The van der Waals surface area contributed by atoms with Crippen LogP contribution in [-0.2, 0) is 22.2 Å². The quantitative estimate of drug-likeness (QED) is 0.312. The Balaban J connectivity index is 1.41. The Morgan fingerprint density at radius 3 is 2.49 bits per heavy atom. The molecular formula is C26H24F3N5O5. The van der Waals surface area contributed by atoms with E-state index in [1.54, 1.807) is 44.2 Å². The summed E-state index contributed by atoms with van der Waals surface area (Å²) in [5, 5.41) is 8.67. The van der Waals surface area contributed by atoms with Gasteiger partial charge in [-0.3, -0.25) is 19.3 Å². The van der Waals surface area contributed by atoms with E-state index in [0.717, 1.165) is 17.0 Å². The van der Waals surface area contributed by atoms with Gasteiger partial charge in [0, 0.05) is 0 Å². The molecule has 0 spiro atoms. The van der Waals surface area contributed by atoms with Crippen molar-refractivity contribution in [1.29, 1.82) is 0 Å². The summed E-state index contributed by atoms with van der Waals surface area (Å²) in [6.45, 7) is 2.70. The zero-order valence-electron chi connectivity index (χ0n) is 20.9. The number of amides is 4. The lowest BCUT2D eigenvalue weighted by atomic mass is 9.99. The van der Waals surface area contributed by atoms with Crippen molar-refractivity contribution >= 4 is 23.6 Å². The maximum atomic E-state index is 13.1. The molecule has 1 aliphatic heterocycles. The number of rotatable bonds is 9. The van der Waals surface area contributed by atoms with Crippen LogP contribution in [0.25, 0.3) is 0 Å². The van der Waals surface area contributed by atoms with Crippen molar-refractivity contribution in [2.24, 2.45) is 5.92 Å². The van der Waals surface area contributed by atoms with Crippen molar-refractivity contribution in [3.8, 4) is 0 Å². The fraction of sp³-hybridized carbons (Fsp3) is 0.308. The highest BCUT2D eigenvalue weighted by molar-refractivity contribution is 6.07. The second kappa shape index (κ2) is 11.1. The predicted molar refractivity (Wildman–Crippen MR) is 129 cm³/mol. The number of carbonyl (C=O) groups is 4. The molecule has 3 aromatic rings. The molecule has 13 heteroatoms. The minimum absolute atomic E-state index is 0.0854. The number of nitrogens with one attached hydrogen (secondary N) is 2. The summed E-state index contributed by atoms with van der Waals surface area (Å²) in [7, 11) is 0. The molecule has 0 bridgehead atoms. The van der Waals surface area contributed by atoms with Crippen LogP contribution in [-0.4, -0.2) is 51.3 Å². The van der Waals surface area contributed by atoms with Gasteiger partial charge in [-0.1, -0.05) is 67.5 Å². The van der Waals surface area contributed by atoms with Gasteiger partial charge in [0.1, 0.15) is 12.6 Å². The van der Waals surface area contributed by atoms with Crippen LogP contribution in [0.1, 0.15) is 53.1 Å². The zero-order valence-corrected chi connectivity index (χ0v) is 20.9. The van der Waals surface area contributed by atoms with Gasteiger partial charge in [0.2, 0.25) is 23.4 Å². The molecule has 39 heavy (non-hydrogen) atoms. The molecule has 1 aromatic heterocycles. The van der Waals surface area contributed by atoms with E-state index in [1.165, 1.54) is 12.1 Å². The second-order valence-corrected chi connectivity index (χ2v) is 9.26. The number of urea groups is 1. The summed E-state index contributed by atoms with van der Waals surface area (Å²) in [4.78, 5) is 55.7. The molecule has 2 aromatic carbocycles. The number of benzene rings is 2. The van der Waals surface area contributed by atoms with E-state index >= 15 is 0 Å². The Bertz CT molecular complexity index is 1390. The Hall–Kier alpha value is -4.55. The predicted octanol–water partition coefficient (Wildman–Crippen LogP) is 3.30. The van der Waals surface area contributed by atoms with E-state index < -0.39 is 59.9 Å². The number of carbonyl (C=O) groups excluding carboxylic acids is 4. The first-order valence-electron chi connectivity index (χ1n) is 11.9. The molecule has 4 amide bonds. The average Bonchev–Trinajstić information content (AvgIpc) is 3.47. The van der Waals surface area contributed by atoms with Gasteiger partial charge >= 0.3 is 12.2 Å². The normalized spacial score (nSPS) is 16.4. The van der Waals surface area contributed by atoms with Crippen LogP contribution in [0, 0.1) is 5.92 Å². The van der Waals surface area contributed by atoms with Crippen molar-refractivity contribution < 1.29 is 36.9 Å². The first kappa shape index (κ1) is 27.5. The number of ketones is 1. The third-order valence-electron chi connectivity index (χ3n) is 6.02. The molecule has 0 aliphatic carbocycles. The third kappa shape index (κ3) is 6.30. The molecule has 0 saturated carbocycles. The van der Waals surface area contributed by atoms with Crippen LogP contribution in [0.3, 0.4) is 0 Å². The average molecular weight is 544 g/mol. The largest absolute Gasteiger partial charge is 0.416 e. The standard InChI is InChI=1S/C26H24F3N5O5/c1-14(2)20(30-18(35)13-34-24(37)21(32-25(34)38)16-8-4-3-5-9-16)22(36)23-31-19(39-33-23)12-15-7-6-10-17(11-15)26(27,28)29/h3-11,14,20-21H,12-13H2,1-2H3,(H,30,35)(H,32,38)/t20-,21?/m0/s1. The molecule has 1 aliphatic rings. The van der Waals surface area contributed by atoms with Crippen molar-refractivity contribution in [3.63, 3.8) is 0 Å². The van der Waals surface area contributed by atoms with Gasteiger partial charge in [-0.25, -0.2) is 4.79 Å². The lowest BCUT2D eigenvalue weighted by Gasteiger charge is -2.21. The number of halogens is 3. The molecular weight excluding hydrogens is 519 g/mol. The van der Waals surface area contributed by atoms with Gasteiger partial charge in [0.25, 0.3) is 5.91 Å². The Morgan fingerprint density at radius 2 is 1.82 bits per heavy atom. The van der Waals surface area contributed by atoms with Gasteiger partial charge < -0.3 is 15.2 Å². The van der Waals surface area contributed by atoms with Crippen molar-refractivity contribution in [2.75, 3.05) is 6.54 Å². The van der Waals surface area contributed by atoms with E-state index in [1.807, 2.05) is 0 Å². The van der Waals surface area contributed by atoms with Gasteiger partial charge in [-0.05, 0) is 23.1 Å². The van der Waals surface area contributed by atoms with Crippen molar-refractivity contribution in [2.45, 2.75) is 38.5 Å². The van der Waals surface area contributed by atoms with Gasteiger partial charge in [0.05, 0.1) is 18.0 Å². The number of imide groups is 1. The van der Waals surface area contributed by atoms with Gasteiger partial charge in [0.15, 0.2) is 0 Å². The summed E-state index contributed by atoms with van der Waals surface area (Å²) in [5.74, 6) is -2.95. The molecule has 1 saturated heterocycles. The third-order valence-corrected chi connectivity index (χ3v) is 6.02. The molecule has 2 heterocycles. The molecule has 1 fully saturated rings. The summed E-state index contributed by atoms with van der Waals surface area (Å²) < 4.78 is 44.0. The van der Waals surface area contributed by atoms with E-state index in [0.29, 0.717) is 5.56 Å². The topological polar surface area (TPSA) is 134 Å². The number of aromatic nitrogens is 2. The van der Waals surface area contributed by atoms with Crippen molar-refractivity contribution in [3.05, 3.63) is 83.0 Å². The maximum absolute atomic E-state index is 13.1. The fourth-order valence-electron chi connectivity index (χ4n) is 4.04. The number of nitrogens with zero attached hydrogens (tertiary/aromatic N) is 3. The minimum atomic E-state index is -4.52. The first-order chi connectivity index (χ1) is 18.4. The Morgan fingerprint density at radius 1 is 1.10 bits per heavy atom. The first-order valence-corrected chi connectivity index (χ1v) is 11.9. The van der Waals surface area contributed by atoms with Gasteiger partial charge in [-0.2, -0.15) is 18.2 Å². The lowest BCUT2D eigenvalue weighted by Crippen LogP contribution is -2.49. The molecule has 4 rings (SSSR count). The highest BCUT2D eigenvalue weighted by Gasteiger charge is 2.40. The molecule has 204 valence electrons. The van der Waals surface area contributed by atoms with E-state index in [-0.39, 0.29) is 23.7 Å². The summed E-state index contributed by atoms with van der Waals surface area (Å²) in [6.07, 6.45) is -4.66. The van der Waals surface area contributed by atoms with E-state index in [4.69, 9.17) is 4.52 Å². The Labute approximate surface area is 220 Å². The van der Waals surface area contributed by atoms with Crippen molar-refractivity contribution in [1.82, 2.24) is 25.7 Å². The van der Waals surface area contributed by atoms with Crippen LogP contribution in [0.4, 0.5) is 18.0 Å². The highest BCUT2D eigenvalue weighted by Crippen LogP contribution is 2.30.